The number of nitrogens with zero attached hydrogens (tertiary/aromatic N) is 1. The van der Waals surface area contributed by atoms with E-state index in [0.717, 1.165) is 16.6 Å². The highest BCUT2D eigenvalue weighted by Gasteiger charge is 2.29. The standard InChI is InChI=1S/C14H18BrNO/c1-3-8-16(12-5-6-12)14-7-4-11(10(2)17)9-13(14)15/h3-4,7,9-10,12,17H,1,5-6,8H2,2H3/t10-/m0/s1. The smallest absolute Gasteiger partial charge is 0.0762 e. The Bertz CT molecular complexity index is 413. The van der Waals surface area contributed by atoms with E-state index in [4.69, 9.17) is 0 Å². The van der Waals surface area contributed by atoms with E-state index in [2.05, 4.69) is 33.5 Å². The summed E-state index contributed by atoms with van der Waals surface area (Å²) < 4.78 is 1.05. The van der Waals surface area contributed by atoms with Crippen molar-refractivity contribution in [1.29, 1.82) is 0 Å². The van der Waals surface area contributed by atoms with Crippen molar-refractivity contribution in [3.05, 3.63) is 40.9 Å². The van der Waals surface area contributed by atoms with Crippen LogP contribution in [0.15, 0.2) is 35.3 Å². The number of anilines is 1. The average Bonchev–Trinajstić information content (AvgIpc) is 3.10. The molecule has 17 heavy (non-hydrogen) atoms. The molecule has 1 fully saturated rings. The molecule has 1 aromatic carbocycles. The molecule has 1 atom stereocenters. The van der Waals surface area contributed by atoms with Crippen molar-refractivity contribution in [3.8, 4) is 0 Å². The van der Waals surface area contributed by atoms with Gasteiger partial charge in [-0.25, -0.2) is 0 Å². The summed E-state index contributed by atoms with van der Waals surface area (Å²) in [4.78, 5) is 2.36. The Morgan fingerprint density at radius 3 is 2.76 bits per heavy atom. The highest BCUT2D eigenvalue weighted by Crippen LogP contribution is 2.36. The van der Waals surface area contributed by atoms with E-state index < -0.39 is 6.10 Å². The predicted octanol–water partition coefficient (Wildman–Crippen LogP) is 3.66. The Morgan fingerprint density at radius 2 is 2.29 bits per heavy atom. The van der Waals surface area contributed by atoms with Crippen LogP contribution in [0.3, 0.4) is 0 Å². The van der Waals surface area contributed by atoms with Gasteiger partial charge in [0.15, 0.2) is 0 Å². The van der Waals surface area contributed by atoms with Gasteiger partial charge in [0, 0.05) is 17.1 Å². The molecule has 2 nitrogen and oxygen atoms in total. The molecule has 0 heterocycles. The van der Waals surface area contributed by atoms with Gasteiger partial charge >= 0.3 is 0 Å². The molecular formula is C14H18BrNO. The first kappa shape index (κ1) is 12.7. The zero-order chi connectivity index (χ0) is 12.4. The fraction of sp³-hybridized carbons (Fsp3) is 0.429. The number of rotatable bonds is 5. The minimum atomic E-state index is -0.422. The van der Waals surface area contributed by atoms with Gasteiger partial charge in [-0.3, -0.25) is 0 Å². The maximum Gasteiger partial charge on any atom is 0.0762 e. The number of hydrogen-bond donors (Lipinski definition) is 1. The fourth-order valence-corrected chi connectivity index (χ4v) is 2.61. The van der Waals surface area contributed by atoms with Crippen LogP contribution in [0.4, 0.5) is 5.69 Å². The molecule has 1 N–H and O–H groups in total. The van der Waals surface area contributed by atoms with E-state index in [9.17, 15) is 5.11 Å². The minimum absolute atomic E-state index is 0.422. The number of halogens is 1. The third kappa shape index (κ3) is 2.90. The summed E-state index contributed by atoms with van der Waals surface area (Å²) in [7, 11) is 0. The molecule has 1 aliphatic rings. The van der Waals surface area contributed by atoms with Gasteiger partial charge in [-0.2, -0.15) is 0 Å². The Balaban J connectivity index is 2.27. The predicted molar refractivity (Wildman–Crippen MR) is 75.3 cm³/mol. The van der Waals surface area contributed by atoms with Gasteiger partial charge in [0.05, 0.1) is 11.8 Å². The van der Waals surface area contributed by atoms with Crippen LogP contribution in [-0.4, -0.2) is 17.7 Å². The third-order valence-electron chi connectivity index (χ3n) is 3.08. The summed E-state index contributed by atoms with van der Waals surface area (Å²) in [5.41, 5.74) is 2.13. The number of benzene rings is 1. The number of aliphatic hydroxyl groups excluding tert-OH is 1. The van der Waals surface area contributed by atoms with Crippen molar-refractivity contribution in [2.45, 2.75) is 31.9 Å². The van der Waals surface area contributed by atoms with Crippen LogP contribution in [0.1, 0.15) is 31.4 Å². The summed E-state index contributed by atoms with van der Waals surface area (Å²) in [5.74, 6) is 0. The van der Waals surface area contributed by atoms with Crippen LogP contribution in [-0.2, 0) is 0 Å². The van der Waals surface area contributed by atoms with Crippen molar-refractivity contribution in [3.63, 3.8) is 0 Å². The van der Waals surface area contributed by atoms with Gasteiger partial charge in [-0.1, -0.05) is 12.1 Å². The zero-order valence-corrected chi connectivity index (χ0v) is 11.7. The third-order valence-corrected chi connectivity index (χ3v) is 3.71. The highest BCUT2D eigenvalue weighted by molar-refractivity contribution is 9.10. The normalized spacial score (nSPS) is 16.6. The molecule has 1 aromatic rings. The summed E-state index contributed by atoms with van der Waals surface area (Å²) in [6, 6.07) is 6.72. The van der Waals surface area contributed by atoms with Crippen LogP contribution < -0.4 is 4.90 Å². The van der Waals surface area contributed by atoms with Gasteiger partial charge in [0.25, 0.3) is 0 Å². The molecule has 0 amide bonds. The molecule has 1 saturated carbocycles. The van der Waals surface area contributed by atoms with E-state index in [1.54, 1.807) is 6.92 Å². The van der Waals surface area contributed by atoms with E-state index in [1.807, 2.05) is 18.2 Å². The summed E-state index contributed by atoms with van der Waals surface area (Å²) >= 11 is 3.60. The fourth-order valence-electron chi connectivity index (χ4n) is 1.99. The maximum absolute atomic E-state index is 9.55. The van der Waals surface area contributed by atoms with Crippen LogP contribution in [0, 0.1) is 0 Å². The van der Waals surface area contributed by atoms with E-state index >= 15 is 0 Å². The first-order valence-electron chi connectivity index (χ1n) is 5.98. The summed E-state index contributed by atoms with van der Waals surface area (Å²) in [5, 5.41) is 9.55. The van der Waals surface area contributed by atoms with Gasteiger partial charge in [-0.15, -0.1) is 6.58 Å². The molecule has 3 heteroatoms. The van der Waals surface area contributed by atoms with Crippen LogP contribution in [0.5, 0.6) is 0 Å². The molecule has 1 aliphatic carbocycles. The van der Waals surface area contributed by atoms with Crippen LogP contribution in [0.25, 0.3) is 0 Å². The van der Waals surface area contributed by atoms with Crippen molar-refractivity contribution in [2.75, 3.05) is 11.4 Å². The largest absolute Gasteiger partial charge is 0.389 e. The molecule has 0 aliphatic heterocycles. The van der Waals surface area contributed by atoms with Crippen molar-refractivity contribution >= 4 is 21.6 Å². The van der Waals surface area contributed by atoms with Gasteiger partial charge in [0.2, 0.25) is 0 Å². The van der Waals surface area contributed by atoms with Crippen molar-refractivity contribution in [2.24, 2.45) is 0 Å². The van der Waals surface area contributed by atoms with Gasteiger partial charge in [0.1, 0.15) is 0 Å². The quantitative estimate of drug-likeness (QED) is 0.838. The topological polar surface area (TPSA) is 23.5 Å². The lowest BCUT2D eigenvalue weighted by atomic mass is 10.1. The molecule has 2 rings (SSSR count). The molecule has 0 saturated heterocycles. The molecule has 0 spiro atoms. The lowest BCUT2D eigenvalue weighted by molar-refractivity contribution is 0.199. The first-order valence-corrected chi connectivity index (χ1v) is 6.78. The molecule has 0 bridgehead atoms. The van der Waals surface area contributed by atoms with E-state index in [0.29, 0.717) is 6.04 Å². The molecule has 0 aromatic heterocycles. The van der Waals surface area contributed by atoms with Gasteiger partial charge < -0.3 is 10.0 Å². The van der Waals surface area contributed by atoms with E-state index in [-0.39, 0.29) is 0 Å². The molecular weight excluding hydrogens is 278 g/mol. The lowest BCUT2D eigenvalue weighted by Gasteiger charge is -2.25. The van der Waals surface area contributed by atoms with Crippen LogP contribution >= 0.6 is 15.9 Å². The second kappa shape index (κ2) is 5.23. The van der Waals surface area contributed by atoms with Crippen molar-refractivity contribution < 1.29 is 5.11 Å². The average molecular weight is 296 g/mol. The minimum Gasteiger partial charge on any atom is -0.389 e. The number of hydrogen-bond acceptors (Lipinski definition) is 2. The Labute approximate surface area is 111 Å². The second-order valence-corrected chi connectivity index (χ2v) is 5.41. The molecule has 0 unspecified atom stereocenters. The Hall–Kier alpha value is -0.800. The number of aliphatic hydroxyl groups is 1. The lowest BCUT2D eigenvalue weighted by Crippen LogP contribution is -2.25. The first-order chi connectivity index (χ1) is 8.13. The van der Waals surface area contributed by atoms with E-state index in [1.165, 1.54) is 18.5 Å². The van der Waals surface area contributed by atoms with Crippen LogP contribution in [0.2, 0.25) is 0 Å². The SMILES string of the molecule is C=CCN(c1ccc([C@H](C)O)cc1Br)C1CC1. The zero-order valence-electron chi connectivity index (χ0n) is 10.1. The molecule has 0 radical (unpaired) electrons. The Kier molecular flexibility index (Phi) is 3.89. The monoisotopic (exact) mass is 295 g/mol. The Morgan fingerprint density at radius 1 is 1.59 bits per heavy atom. The highest BCUT2D eigenvalue weighted by atomic mass is 79.9. The summed E-state index contributed by atoms with van der Waals surface area (Å²) in [6.07, 6.45) is 4.04. The van der Waals surface area contributed by atoms with Gasteiger partial charge in [-0.05, 0) is 53.4 Å². The summed E-state index contributed by atoms with van der Waals surface area (Å²) in [6.45, 7) is 6.47. The van der Waals surface area contributed by atoms with Crippen molar-refractivity contribution in [1.82, 2.24) is 0 Å². The molecule has 92 valence electrons. The second-order valence-electron chi connectivity index (χ2n) is 4.56. The maximum atomic E-state index is 9.55.